The second-order valence-electron chi connectivity index (χ2n) is 4.61. The summed E-state index contributed by atoms with van der Waals surface area (Å²) in [5.74, 6) is 1.75. The molecule has 0 N–H and O–H groups in total. The Labute approximate surface area is 116 Å². The van der Waals surface area contributed by atoms with Crippen molar-refractivity contribution >= 4 is 23.1 Å². The van der Waals surface area contributed by atoms with Crippen molar-refractivity contribution in [3.63, 3.8) is 0 Å². The van der Waals surface area contributed by atoms with Gasteiger partial charge in [-0.25, -0.2) is 4.98 Å². The van der Waals surface area contributed by atoms with Crippen LogP contribution in [0.5, 0.6) is 0 Å². The lowest BCUT2D eigenvalue weighted by Gasteiger charge is -2.03. The molecule has 2 rings (SSSR count). The van der Waals surface area contributed by atoms with Gasteiger partial charge in [0.25, 0.3) is 0 Å². The van der Waals surface area contributed by atoms with Crippen LogP contribution in [0.4, 0.5) is 0 Å². The quantitative estimate of drug-likeness (QED) is 0.794. The Balaban J connectivity index is 2.15. The van der Waals surface area contributed by atoms with E-state index in [1.165, 1.54) is 0 Å². The number of thioether (sulfide) groups is 1. The lowest BCUT2D eigenvalue weighted by molar-refractivity contribution is 0.748. The van der Waals surface area contributed by atoms with Crippen LogP contribution in [0.3, 0.4) is 0 Å². The van der Waals surface area contributed by atoms with Gasteiger partial charge in [-0.1, -0.05) is 13.8 Å². The smallest absolute Gasteiger partial charge is 0.119 e. The van der Waals surface area contributed by atoms with E-state index in [4.69, 9.17) is 0 Å². The zero-order valence-electron chi connectivity index (χ0n) is 11.1. The van der Waals surface area contributed by atoms with Gasteiger partial charge in [-0.2, -0.15) is 0 Å². The highest BCUT2D eigenvalue weighted by atomic mass is 32.2. The van der Waals surface area contributed by atoms with Crippen LogP contribution >= 0.6 is 23.1 Å². The Hall–Kier alpha value is -0.940. The number of rotatable bonds is 4. The van der Waals surface area contributed by atoms with Crippen LogP contribution in [0.15, 0.2) is 17.2 Å². The largest absolute Gasteiger partial charge is 0.246 e. The molecule has 0 fully saturated rings. The Kier molecular flexibility index (Phi) is 4.35. The summed E-state index contributed by atoms with van der Waals surface area (Å²) in [6.45, 7) is 8.44. The summed E-state index contributed by atoms with van der Waals surface area (Å²) in [6, 6.07) is 4.08. The van der Waals surface area contributed by atoms with Crippen molar-refractivity contribution in [3.8, 4) is 10.6 Å². The normalized spacial score (nSPS) is 11.2. The first-order valence-corrected chi connectivity index (χ1v) is 7.77. The molecule has 0 spiro atoms. The maximum Gasteiger partial charge on any atom is 0.119 e. The number of hydrogen-bond acceptors (Lipinski definition) is 5. The van der Waals surface area contributed by atoms with Gasteiger partial charge in [0.2, 0.25) is 0 Å². The third-order valence-electron chi connectivity index (χ3n) is 2.34. The SMILES string of the molecule is Cc1nc(C)c(-c2ccc(SCC(C)C)nn2)s1. The maximum absolute atomic E-state index is 4.41. The van der Waals surface area contributed by atoms with Gasteiger partial charge in [-0.3, -0.25) is 0 Å². The molecule has 0 saturated carbocycles. The van der Waals surface area contributed by atoms with Gasteiger partial charge < -0.3 is 0 Å². The van der Waals surface area contributed by atoms with Gasteiger partial charge in [0.05, 0.1) is 15.6 Å². The Morgan fingerprint density at radius 3 is 2.50 bits per heavy atom. The zero-order chi connectivity index (χ0) is 13.1. The molecule has 2 aromatic heterocycles. The fourth-order valence-electron chi connectivity index (χ4n) is 1.54. The lowest BCUT2D eigenvalue weighted by Crippen LogP contribution is -1.93. The molecule has 2 aromatic rings. The molecule has 0 aliphatic rings. The number of thiazole rings is 1. The van der Waals surface area contributed by atoms with Crippen molar-refractivity contribution in [2.24, 2.45) is 5.92 Å². The molecule has 18 heavy (non-hydrogen) atoms. The monoisotopic (exact) mass is 279 g/mol. The molecule has 0 amide bonds. The molecule has 96 valence electrons. The van der Waals surface area contributed by atoms with E-state index in [1.807, 2.05) is 26.0 Å². The molecule has 0 saturated heterocycles. The van der Waals surface area contributed by atoms with Crippen molar-refractivity contribution in [1.82, 2.24) is 15.2 Å². The number of aromatic nitrogens is 3. The van der Waals surface area contributed by atoms with Gasteiger partial charge in [-0.15, -0.1) is 33.3 Å². The van der Waals surface area contributed by atoms with Crippen LogP contribution < -0.4 is 0 Å². The Morgan fingerprint density at radius 2 is 2.00 bits per heavy atom. The number of hydrogen-bond donors (Lipinski definition) is 0. The molecular weight excluding hydrogens is 262 g/mol. The van der Waals surface area contributed by atoms with Crippen LogP contribution in [0, 0.1) is 19.8 Å². The van der Waals surface area contributed by atoms with Gasteiger partial charge in [0.1, 0.15) is 10.7 Å². The summed E-state index contributed by atoms with van der Waals surface area (Å²) < 4.78 is 0. The fraction of sp³-hybridized carbons (Fsp3) is 0.462. The highest BCUT2D eigenvalue weighted by Gasteiger charge is 2.09. The summed E-state index contributed by atoms with van der Waals surface area (Å²) >= 11 is 3.43. The van der Waals surface area contributed by atoms with Gasteiger partial charge in [0.15, 0.2) is 0 Å². The first-order chi connectivity index (χ1) is 8.56. The predicted molar refractivity (Wildman–Crippen MR) is 78.2 cm³/mol. The molecular formula is C13H17N3S2. The molecule has 3 nitrogen and oxygen atoms in total. The van der Waals surface area contributed by atoms with Crippen LogP contribution in [-0.2, 0) is 0 Å². The third-order valence-corrected chi connectivity index (χ3v) is 4.78. The van der Waals surface area contributed by atoms with Crippen molar-refractivity contribution < 1.29 is 0 Å². The van der Waals surface area contributed by atoms with Gasteiger partial charge >= 0.3 is 0 Å². The lowest BCUT2D eigenvalue weighted by atomic mass is 10.3. The van der Waals surface area contributed by atoms with E-state index in [1.54, 1.807) is 23.1 Å². The van der Waals surface area contributed by atoms with E-state index in [2.05, 4.69) is 29.0 Å². The molecule has 0 aromatic carbocycles. The highest BCUT2D eigenvalue weighted by Crippen LogP contribution is 2.28. The van der Waals surface area contributed by atoms with Crippen LogP contribution in [0.2, 0.25) is 0 Å². The molecule has 0 unspecified atom stereocenters. The maximum atomic E-state index is 4.41. The molecule has 0 aliphatic heterocycles. The summed E-state index contributed by atoms with van der Waals surface area (Å²) in [4.78, 5) is 5.54. The van der Waals surface area contributed by atoms with Gasteiger partial charge in [0, 0.05) is 5.75 Å². The second kappa shape index (κ2) is 5.80. The van der Waals surface area contributed by atoms with E-state index in [0.717, 1.165) is 32.1 Å². The minimum Gasteiger partial charge on any atom is -0.246 e. The first-order valence-electron chi connectivity index (χ1n) is 5.97. The van der Waals surface area contributed by atoms with E-state index >= 15 is 0 Å². The average Bonchev–Trinajstić information content (AvgIpc) is 2.66. The Morgan fingerprint density at radius 1 is 1.22 bits per heavy atom. The summed E-state index contributed by atoms with van der Waals surface area (Å²) in [6.07, 6.45) is 0. The van der Waals surface area contributed by atoms with Crippen LogP contribution in [-0.4, -0.2) is 20.9 Å². The second-order valence-corrected chi connectivity index (χ2v) is 6.85. The van der Waals surface area contributed by atoms with E-state index in [9.17, 15) is 0 Å². The number of nitrogens with zero attached hydrogens (tertiary/aromatic N) is 3. The standard InChI is InChI=1S/C13H17N3S2/c1-8(2)7-17-12-6-5-11(15-16-12)13-9(3)14-10(4)18-13/h5-6,8H,7H2,1-4H3. The van der Waals surface area contributed by atoms with Crippen LogP contribution in [0.25, 0.3) is 10.6 Å². The minimum absolute atomic E-state index is 0.669. The number of aryl methyl sites for hydroxylation is 2. The first kappa shape index (κ1) is 13.5. The van der Waals surface area contributed by atoms with Crippen molar-refractivity contribution in [1.29, 1.82) is 0 Å². The topological polar surface area (TPSA) is 38.7 Å². The minimum atomic E-state index is 0.669. The molecule has 0 radical (unpaired) electrons. The van der Waals surface area contributed by atoms with Crippen molar-refractivity contribution in [2.45, 2.75) is 32.7 Å². The summed E-state index contributed by atoms with van der Waals surface area (Å²) in [7, 11) is 0. The summed E-state index contributed by atoms with van der Waals surface area (Å²) in [5, 5.41) is 10.6. The molecule has 5 heteroatoms. The zero-order valence-corrected chi connectivity index (χ0v) is 12.7. The summed E-state index contributed by atoms with van der Waals surface area (Å²) in [5.41, 5.74) is 1.96. The van der Waals surface area contributed by atoms with E-state index in [0.29, 0.717) is 5.92 Å². The van der Waals surface area contributed by atoms with Gasteiger partial charge in [-0.05, 0) is 31.9 Å². The van der Waals surface area contributed by atoms with Crippen molar-refractivity contribution in [3.05, 3.63) is 22.8 Å². The fourth-order valence-corrected chi connectivity index (χ4v) is 3.19. The molecule has 0 bridgehead atoms. The molecule has 2 heterocycles. The van der Waals surface area contributed by atoms with E-state index in [-0.39, 0.29) is 0 Å². The van der Waals surface area contributed by atoms with E-state index < -0.39 is 0 Å². The third kappa shape index (κ3) is 3.29. The molecule has 0 aliphatic carbocycles. The highest BCUT2D eigenvalue weighted by molar-refractivity contribution is 7.99. The molecule has 0 atom stereocenters. The van der Waals surface area contributed by atoms with Crippen LogP contribution in [0.1, 0.15) is 24.5 Å². The predicted octanol–water partition coefficient (Wildman–Crippen LogP) is 3.97. The average molecular weight is 279 g/mol. The van der Waals surface area contributed by atoms with Crippen molar-refractivity contribution in [2.75, 3.05) is 5.75 Å². The Bertz CT molecular complexity index is 518.